The predicted molar refractivity (Wildman–Crippen MR) is 86.1 cm³/mol. The summed E-state index contributed by atoms with van der Waals surface area (Å²) in [6.07, 6.45) is 0. The van der Waals surface area contributed by atoms with Gasteiger partial charge in [0.05, 0.1) is 4.90 Å². The van der Waals surface area contributed by atoms with Crippen molar-refractivity contribution in [1.29, 1.82) is 0 Å². The number of alkyl halides is 1. The van der Waals surface area contributed by atoms with Gasteiger partial charge in [-0.2, -0.15) is 4.31 Å². The Labute approximate surface area is 135 Å². The largest absolute Gasteiger partial charge is 0.243 e. The Morgan fingerprint density at radius 2 is 1.67 bits per heavy atom. The van der Waals surface area contributed by atoms with Gasteiger partial charge in [-0.15, -0.1) is 11.6 Å². The predicted octanol–water partition coefficient (Wildman–Crippen LogP) is 3.90. The van der Waals surface area contributed by atoms with E-state index in [0.717, 1.165) is 11.1 Å². The number of halogens is 2. The van der Waals surface area contributed by atoms with Crippen LogP contribution in [-0.4, -0.2) is 19.8 Å². The average Bonchev–Trinajstić information content (AvgIpc) is 2.49. The highest BCUT2D eigenvalue weighted by molar-refractivity contribution is 7.89. The zero-order valence-corrected chi connectivity index (χ0v) is 13.8. The lowest BCUT2D eigenvalue weighted by molar-refractivity contribution is 0.467. The van der Waals surface area contributed by atoms with E-state index in [1.54, 1.807) is 30.3 Å². The average molecular weight is 344 g/mol. The number of sulfonamides is 1. The second kappa shape index (κ2) is 6.79. The van der Waals surface area contributed by atoms with Crippen LogP contribution in [-0.2, 0) is 22.4 Å². The van der Waals surface area contributed by atoms with Crippen molar-refractivity contribution in [3.63, 3.8) is 0 Å². The molecule has 0 saturated carbocycles. The number of benzene rings is 2. The summed E-state index contributed by atoms with van der Waals surface area (Å²) in [5.74, 6) is 0.357. The quantitative estimate of drug-likeness (QED) is 0.772. The lowest BCUT2D eigenvalue weighted by atomic mass is 10.2. The fourth-order valence-electron chi connectivity index (χ4n) is 1.88. The molecule has 0 spiro atoms. The minimum atomic E-state index is -3.55. The van der Waals surface area contributed by atoms with Gasteiger partial charge in [0.1, 0.15) is 0 Å². The van der Waals surface area contributed by atoms with Crippen LogP contribution in [0.2, 0.25) is 5.02 Å². The van der Waals surface area contributed by atoms with Gasteiger partial charge in [-0.1, -0.05) is 41.9 Å². The summed E-state index contributed by atoms with van der Waals surface area (Å²) in [6, 6.07) is 13.7. The standard InChI is InChI=1S/C15H15Cl2NO2S/c1-18(11-13-4-2-3-5-15(13)17)21(19,20)14-8-6-12(10-16)7-9-14/h2-9H,10-11H2,1H3. The molecule has 0 aliphatic rings. The van der Waals surface area contributed by atoms with Gasteiger partial charge in [-0.05, 0) is 29.3 Å². The van der Waals surface area contributed by atoms with Crippen molar-refractivity contribution >= 4 is 33.2 Å². The highest BCUT2D eigenvalue weighted by Crippen LogP contribution is 2.21. The number of rotatable bonds is 5. The molecule has 6 heteroatoms. The van der Waals surface area contributed by atoms with E-state index in [-0.39, 0.29) is 11.4 Å². The molecule has 0 amide bonds. The molecule has 0 heterocycles. The van der Waals surface area contributed by atoms with E-state index < -0.39 is 10.0 Å². The monoisotopic (exact) mass is 343 g/mol. The van der Waals surface area contributed by atoms with E-state index in [0.29, 0.717) is 10.9 Å². The summed E-state index contributed by atoms with van der Waals surface area (Å²) in [5, 5.41) is 0.553. The van der Waals surface area contributed by atoms with E-state index >= 15 is 0 Å². The smallest absolute Gasteiger partial charge is 0.207 e. The maximum Gasteiger partial charge on any atom is 0.243 e. The third kappa shape index (κ3) is 3.77. The number of hydrogen-bond donors (Lipinski definition) is 0. The van der Waals surface area contributed by atoms with Crippen molar-refractivity contribution in [3.05, 3.63) is 64.7 Å². The van der Waals surface area contributed by atoms with Crippen LogP contribution in [0.3, 0.4) is 0 Å². The van der Waals surface area contributed by atoms with Gasteiger partial charge in [-0.25, -0.2) is 8.42 Å². The van der Waals surface area contributed by atoms with E-state index in [1.165, 1.54) is 11.4 Å². The normalized spacial score (nSPS) is 11.8. The van der Waals surface area contributed by atoms with E-state index in [4.69, 9.17) is 23.2 Å². The molecular formula is C15H15Cl2NO2S. The van der Waals surface area contributed by atoms with Crippen LogP contribution in [0.25, 0.3) is 0 Å². The fraction of sp³-hybridized carbons (Fsp3) is 0.200. The SMILES string of the molecule is CN(Cc1ccccc1Cl)S(=O)(=O)c1ccc(CCl)cc1. The molecule has 2 rings (SSSR count). The number of nitrogens with zero attached hydrogens (tertiary/aromatic N) is 1. The third-order valence-electron chi connectivity index (χ3n) is 3.14. The van der Waals surface area contributed by atoms with Crippen LogP contribution < -0.4 is 0 Å². The lowest BCUT2D eigenvalue weighted by Crippen LogP contribution is -2.26. The first-order chi connectivity index (χ1) is 9.95. The van der Waals surface area contributed by atoms with Crippen LogP contribution in [0, 0.1) is 0 Å². The molecule has 0 aliphatic heterocycles. The van der Waals surface area contributed by atoms with Crippen molar-refractivity contribution in [1.82, 2.24) is 4.31 Å². The maximum absolute atomic E-state index is 12.5. The second-order valence-corrected chi connectivity index (χ2v) is 7.35. The second-order valence-electron chi connectivity index (χ2n) is 4.63. The Morgan fingerprint density at radius 1 is 1.05 bits per heavy atom. The highest BCUT2D eigenvalue weighted by Gasteiger charge is 2.21. The molecule has 0 radical (unpaired) electrons. The Morgan fingerprint density at radius 3 is 2.24 bits per heavy atom. The molecule has 0 bridgehead atoms. The first-order valence-electron chi connectivity index (χ1n) is 6.30. The number of hydrogen-bond acceptors (Lipinski definition) is 2. The molecule has 0 aliphatic carbocycles. The summed E-state index contributed by atoms with van der Waals surface area (Å²) in [4.78, 5) is 0.242. The zero-order valence-electron chi connectivity index (χ0n) is 11.5. The van der Waals surface area contributed by atoms with Gasteiger partial charge in [-0.3, -0.25) is 0 Å². The fourth-order valence-corrected chi connectivity index (χ4v) is 3.40. The first-order valence-corrected chi connectivity index (χ1v) is 8.65. The van der Waals surface area contributed by atoms with Gasteiger partial charge in [0, 0.05) is 24.5 Å². The molecule has 0 saturated heterocycles. The van der Waals surface area contributed by atoms with Crippen molar-refractivity contribution < 1.29 is 8.42 Å². The molecule has 0 fully saturated rings. The van der Waals surface area contributed by atoms with Crippen LogP contribution in [0.4, 0.5) is 0 Å². The third-order valence-corrected chi connectivity index (χ3v) is 5.63. The van der Waals surface area contributed by atoms with Crippen molar-refractivity contribution in [2.24, 2.45) is 0 Å². The van der Waals surface area contributed by atoms with Crippen molar-refractivity contribution in [2.75, 3.05) is 7.05 Å². The van der Waals surface area contributed by atoms with Crippen LogP contribution >= 0.6 is 23.2 Å². The van der Waals surface area contributed by atoms with Crippen LogP contribution in [0.1, 0.15) is 11.1 Å². The van der Waals surface area contributed by atoms with Crippen LogP contribution in [0.5, 0.6) is 0 Å². The molecule has 0 unspecified atom stereocenters. The maximum atomic E-state index is 12.5. The molecule has 2 aromatic rings. The Kier molecular flexibility index (Phi) is 5.27. The zero-order chi connectivity index (χ0) is 15.5. The summed E-state index contributed by atoms with van der Waals surface area (Å²) in [7, 11) is -2.01. The van der Waals surface area contributed by atoms with E-state index in [2.05, 4.69) is 0 Å². The summed E-state index contributed by atoms with van der Waals surface area (Å²) >= 11 is 11.8. The van der Waals surface area contributed by atoms with E-state index in [1.807, 2.05) is 18.2 Å². The molecule has 21 heavy (non-hydrogen) atoms. The van der Waals surface area contributed by atoms with Gasteiger partial charge in [0.15, 0.2) is 0 Å². The molecule has 112 valence electrons. The molecule has 0 atom stereocenters. The van der Waals surface area contributed by atoms with Crippen molar-refractivity contribution in [3.8, 4) is 0 Å². The van der Waals surface area contributed by atoms with Gasteiger partial charge >= 0.3 is 0 Å². The Hall–Kier alpha value is -1.07. The topological polar surface area (TPSA) is 37.4 Å². The van der Waals surface area contributed by atoms with E-state index in [9.17, 15) is 8.42 Å². The Balaban J connectivity index is 2.24. The lowest BCUT2D eigenvalue weighted by Gasteiger charge is -2.18. The molecule has 0 N–H and O–H groups in total. The Bertz CT molecular complexity index is 715. The van der Waals surface area contributed by atoms with Gasteiger partial charge < -0.3 is 0 Å². The minimum Gasteiger partial charge on any atom is -0.207 e. The van der Waals surface area contributed by atoms with Gasteiger partial charge in [0.2, 0.25) is 10.0 Å². The molecule has 0 aromatic heterocycles. The summed E-state index contributed by atoms with van der Waals surface area (Å²) < 4.78 is 26.3. The van der Waals surface area contributed by atoms with Crippen molar-refractivity contribution in [2.45, 2.75) is 17.3 Å². The summed E-state index contributed by atoms with van der Waals surface area (Å²) in [5.41, 5.74) is 1.65. The highest BCUT2D eigenvalue weighted by atomic mass is 35.5. The molecule has 3 nitrogen and oxygen atoms in total. The summed E-state index contributed by atoms with van der Waals surface area (Å²) in [6.45, 7) is 0.221. The van der Waals surface area contributed by atoms with Gasteiger partial charge in [0.25, 0.3) is 0 Å². The van der Waals surface area contributed by atoms with Crippen LogP contribution in [0.15, 0.2) is 53.4 Å². The minimum absolute atomic E-state index is 0.221. The molecular weight excluding hydrogens is 329 g/mol. The first kappa shape index (κ1) is 16.3. The molecule has 2 aromatic carbocycles.